The van der Waals surface area contributed by atoms with Gasteiger partial charge in [-0.25, -0.2) is 0 Å². The molecular weight excluding hydrogens is 270 g/mol. The third-order valence-corrected chi connectivity index (χ3v) is 3.89. The molecule has 1 heterocycles. The molecule has 4 aromatic rings. The van der Waals surface area contributed by atoms with Gasteiger partial charge in [-0.15, -0.1) is 0 Å². The number of phenolic OH excluding ortho intramolecular Hbond substituents is 1. The molecule has 0 atom stereocenters. The van der Waals surface area contributed by atoms with Crippen LogP contribution in [0.1, 0.15) is 11.1 Å². The number of H-pyrrole nitrogens is 1. The standard InChI is InChI=1S/C20H15NO/c22-16-10-7-14(8-11-16)5-6-15-9-12-20-18(13-15)17-3-1-2-4-19(17)21-20/h1-13,21-22H/b6-5+. The summed E-state index contributed by atoms with van der Waals surface area (Å²) in [5.41, 5.74) is 4.54. The van der Waals surface area contributed by atoms with Crippen LogP contribution < -0.4 is 0 Å². The summed E-state index contributed by atoms with van der Waals surface area (Å²) in [4.78, 5) is 3.43. The normalized spacial score (nSPS) is 11.6. The minimum Gasteiger partial charge on any atom is -0.508 e. The summed E-state index contributed by atoms with van der Waals surface area (Å²) in [5.74, 6) is 0.289. The number of phenols is 1. The SMILES string of the molecule is Oc1ccc(/C=C/c2ccc3[nH]c4ccccc4c3c2)cc1. The van der Waals surface area contributed by atoms with E-state index in [0.29, 0.717) is 0 Å². The highest BCUT2D eigenvalue weighted by Crippen LogP contribution is 2.26. The van der Waals surface area contributed by atoms with Gasteiger partial charge in [0.1, 0.15) is 5.75 Å². The van der Waals surface area contributed by atoms with Gasteiger partial charge in [-0.2, -0.15) is 0 Å². The predicted molar refractivity (Wildman–Crippen MR) is 92.8 cm³/mol. The van der Waals surface area contributed by atoms with Crippen LogP contribution in [0.3, 0.4) is 0 Å². The largest absolute Gasteiger partial charge is 0.508 e. The number of hydrogen-bond acceptors (Lipinski definition) is 1. The Labute approximate surface area is 128 Å². The molecule has 0 saturated heterocycles. The molecule has 2 nitrogen and oxygen atoms in total. The molecule has 106 valence electrons. The molecule has 0 amide bonds. The van der Waals surface area contributed by atoms with Crippen LogP contribution in [0.2, 0.25) is 0 Å². The fourth-order valence-corrected chi connectivity index (χ4v) is 2.75. The number of para-hydroxylation sites is 1. The Morgan fingerprint density at radius 2 is 1.36 bits per heavy atom. The topological polar surface area (TPSA) is 36.0 Å². The fraction of sp³-hybridized carbons (Fsp3) is 0. The summed E-state index contributed by atoms with van der Waals surface area (Å²) in [7, 11) is 0. The first-order valence-electron chi connectivity index (χ1n) is 7.27. The van der Waals surface area contributed by atoms with Crippen LogP contribution in [0.15, 0.2) is 66.7 Å². The highest BCUT2D eigenvalue weighted by Gasteiger charge is 2.03. The number of rotatable bonds is 2. The minimum absolute atomic E-state index is 0.289. The Kier molecular flexibility index (Phi) is 2.94. The van der Waals surface area contributed by atoms with E-state index in [1.54, 1.807) is 12.1 Å². The number of fused-ring (bicyclic) bond motifs is 3. The Balaban J connectivity index is 1.75. The lowest BCUT2D eigenvalue weighted by atomic mass is 10.1. The van der Waals surface area contributed by atoms with Crippen molar-refractivity contribution in [1.82, 2.24) is 4.98 Å². The summed E-state index contributed by atoms with van der Waals surface area (Å²) in [5, 5.41) is 11.8. The lowest BCUT2D eigenvalue weighted by Gasteiger charge is -1.97. The maximum absolute atomic E-state index is 9.31. The van der Waals surface area contributed by atoms with Gasteiger partial charge in [-0.3, -0.25) is 0 Å². The molecule has 0 bridgehead atoms. The van der Waals surface area contributed by atoms with Gasteiger partial charge < -0.3 is 10.1 Å². The summed E-state index contributed by atoms with van der Waals surface area (Å²) < 4.78 is 0. The number of aromatic nitrogens is 1. The predicted octanol–water partition coefficient (Wildman–Crippen LogP) is 5.20. The van der Waals surface area contributed by atoms with Gasteiger partial charge in [0.25, 0.3) is 0 Å². The van der Waals surface area contributed by atoms with Gasteiger partial charge in [-0.05, 0) is 41.5 Å². The Hall–Kier alpha value is -3.00. The van der Waals surface area contributed by atoms with Crippen LogP contribution in [0.4, 0.5) is 0 Å². The third-order valence-electron chi connectivity index (χ3n) is 3.89. The van der Waals surface area contributed by atoms with Crippen molar-refractivity contribution in [2.75, 3.05) is 0 Å². The molecule has 2 N–H and O–H groups in total. The molecule has 0 unspecified atom stereocenters. The van der Waals surface area contributed by atoms with Gasteiger partial charge >= 0.3 is 0 Å². The molecule has 0 saturated carbocycles. The number of hydrogen-bond donors (Lipinski definition) is 2. The summed E-state index contributed by atoms with van der Waals surface area (Å²) >= 11 is 0. The maximum Gasteiger partial charge on any atom is 0.115 e. The van der Waals surface area contributed by atoms with E-state index in [4.69, 9.17) is 0 Å². The Morgan fingerprint density at radius 1 is 0.682 bits per heavy atom. The Bertz CT molecular complexity index is 978. The van der Waals surface area contributed by atoms with E-state index in [1.165, 1.54) is 10.8 Å². The first-order valence-corrected chi connectivity index (χ1v) is 7.27. The molecule has 0 aliphatic rings. The molecular formula is C20H15NO. The van der Waals surface area contributed by atoms with Gasteiger partial charge in [0.2, 0.25) is 0 Å². The van der Waals surface area contributed by atoms with Crippen molar-refractivity contribution in [2.24, 2.45) is 0 Å². The Morgan fingerprint density at radius 3 is 2.23 bits per heavy atom. The van der Waals surface area contributed by atoms with Crippen molar-refractivity contribution in [1.29, 1.82) is 0 Å². The van der Waals surface area contributed by atoms with Crippen LogP contribution in [-0.2, 0) is 0 Å². The molecule has 3 aromatic carbocycles. The molecule has 1 aromatic heterocycles. The average Bonchev–Trinajstić information content (AvgIpc) is 2.92. The van der Waals surface area contributed by atoms with Crippen LogP contribution in [0.5, 0.6) is 5.75 Å². The van der Waals surface area contributed by atoms with Gasteiger partial charge in [0.15, 0.2) is 0 Å². The number of nitrogens with one attached hydrogen (secondary N) is 1. The summed E-state index contributed by atoms with van der Waals surface area (Å²) in [6.07, 6.45) is 4.14. The molecule has 0 spiro atoms. The first-order chi connectivity index (χ1) is 10.8. The lowest BCUT2D eigenvalue weighted by Crippen LogP contribution is -1.74. The molecule has 0 fully saturated rings. The molecule has 2 heteroatoms. The number of aromatic hydroxyl groups is 1. The van der Waals surface area contributed by atoms with Crippen LogP contribution in [0.25, 0.3) is 34.0 Å². The molecule has 22 heavy (non-hydrogen) atoms. The monoisotopic (exact) mass is 285 g/mol. The van der Waals surface area contributed by atoms with Gasteiger partial charge in [0.05, 0.1) is 0 Å². The van der Waals surface area contributed by atoms with Crippen molar-refractivity contribution in [3.05, 3.63) is 77.9 Å². The number of aromatic amines is 1. The van der Waals surface area contributed by atoms with E-state index >= 15 is 0 Å². The zero-order valence-electron chi connectivity index (χ0n) is 12.0. The van der Waals surface area contributed by atoms with Crippen molar-refractivity contribution < 1.29 is 5.11 Å². The van der Waals surface area contributed by atoms with E-state index in [1.807, 2.05) is 18.2 Å². The average molecular weight is 285 g/mol. The maximum atomic E-state index is 9.31. The van der Waals surface area contributed by atoms with Crippen LogP contribution in [-0.4, -0.2) is 10.1 Å². The van der Waals surface area contributed by atoms with E-state index < -0.39 is 0 Å². The highest BCUT2D eigenvalue weighted by atomic mass is 16.3. The van der Waals surface area contributed by atoms with Gasteiger partial charge in [-0.1, -0.05) is 48.6 Å². The van der Waals surface area contributed by atoms with Crippen molar-refractivity contribution >= 4 is 34.0 Å². The zero-order valence-corrected chi connectivity index (χ0v) is 12.0. The van der Waals surface area contributed by atoms with Crippen molar-refractivity contribution in [2.45, 2.75) is 0 Å². The molecule has 0 aliphatic carbocycles. The summed E-state index contributed by atoms with van der Waals surface area (Å²) in [6, 6.07) is 22.0. The molecule has 0 aliphatic heterocycles. The quantitative estimate of drug-likeness (QED) is 0.488. The highest BCUT2D eigenvalue weighted by molar-refractivity contribution is 6.07. The van der Waals surface area contributed by atoms with E-state index in [-0.39, 0.29) is 5.75 Å². The van der Waals surface area contributed by atoms with Crippen molar-refractivity contribution in [3.63, 3.8) is 0 Å². The van der Waals surface area contributed by atoms with Crippen LogP contribution >= 0.6 is 0 Å². The van der Waals surface area contributed by atoms with Crippen molar-refractivity contribution in [3.8, 4) is 5.75 Å². The van der Waals surface area contributed by atoms with E-state index in [9.17, 15) is 5.11 Å². The molecule has 0 radical (unpaired) electrons. The minimum atomic E-state index is 0.289. The second-order valence-corrected chi connectivity index (χ2v) is 5.40. The third kappa shape index (κ3) is 2.25. The van der Waals surface area contributed by atoms with Gasteiger partial charge in [0, 0.05) is 21.8 Å². The second kappa shape index (κ2) is 5.08. The fourth-order valence-electron chi connectivity index (χ4n) is 2.75. The zero-order chi connectivity index (χ0) is 14.9. The summed E-state index contributed by atoms with van der Waals surface area (Å²) in [6.45, 7) is 0. The lowest BCUT2D eigenvalue weighted by molar-refractivity contribution is 0.475. The molecule has 4 rings (SSSR count). The second-order valence-electron chi connectivity index (χ2n) is 5.40. The van der Waals surface area contributed by atoms with E-state index in [0.717, 1.165) is 22.2 Å². The van der Waals surface area contributed by atoms with Crippen LogP contribution in [0, 0.1) is 0 Å². The first kappa shape index (κ1) is 12.7. The van der Waals surface area contributed by atoms with E-state index in [2.05, 4.69) is 53.5 Å². The smallest absolute Gasteiger partial charge is 0.115 e. The number of benzene rings is 3.